The van der Waals surface area contributed by atoms with Crippen LogP contribution < -0.4 is 10.6 Å². The Hall–Kier alpha value is -2.60. The van der Waals surface area contributed by atoms with Crippen LogP contribution in [-0.4, -0.2) is 70.1 Å². The lowest BCUT2D eigenvalue weighted by Gasteiger charge is -2.31. The Morgan fingerprint density at radius 1 is 1.24 bits per heavy atom. The third-order valence-corrected chi connectivity index (χ3v) is 8.08. The van der Waals surface area contributed by atoms with Gasteiger partial charge in [-0.25, -0.2) is 13.2 Å². The number of aromatic amines is 1. The van der Waals surface area contributed by atoms with Gasteiger partial charge in [-0.2, -0.15) is 14.5 Å². The number of H-pyrrole nitrogens is 1. The van der Waals surface area contributed by atoms with Crippen molar-refractivity contribution < 1.29 is 17.9 Å². The fourth-order valence-corrected chi connectivity index (χ4v) is 5.96. The van der Waals surface area contributed by atoms with Crippen LogP contribution in [0.4, 0.5) is 10.6 Å². The number of aryl methyl sites for hydroxylation is 1. The first kappa shape index (κ1) is 23.6. The number of nitrogens with one attached hydrogen (secondary N) is 3. The number of aromatic nitrogens is 4. The summed E-state index contributed by atoms with van der Waals surface area (Å²) in [6.45, 7) is 4.71. The average molecular weight is 480 g/mol. The van der Waals surface area contributed by atoms with Gasteiger partial charge in [0.25, 0.3) is 0 Å². The van der Waals surface area contributed by atoms with Crippen LogP contribution in [0.2, 0.25) is 0 Å². The largest absolute Gasteiger partial charge is 0.446 e. The van der Waals surface area contributed by atoms with Gasteiger partial charge >= 0.3 is 6.09 Å². The number of sulfonamides is 1. The molecule has 1 amide bonds. The number of nitrogens with zero attached hydrogens (tertiary/aromatic N) is 4. The van der Waals surface area contributed by atoms with E-state index in [1.54, 1.807) is 7.05 Å². The molecule has 3 N–H and O–H groups in total. The van der Waals surface area contributed by atoms with Gasteiger partial charge in [0.1, 0.15) is 16.8 Å². The molecule has 11 nitrogen and oxygen atoms in total. The van der Waals surface area contributed by atoms with E-state index in [-0.39, 0.29) is 35.1 Å². The molecule has 33 heavy (non-hydrogen) atoms. The molecular formula is C21H33N7O4S. The molecule has 2 unspecified atom stereocenters. The van der Waals surface area contributed by atoms with E-state index >= 15 is 0 Å². The maximum Gasteiger partial charge on any atom is 0.407 e. The SMILES string of the molecule is CC(C)NC(=O)OC1CCC(c2cc(NC3CCN(S(=O)(=O)c4cnn(C)c4)CC3)n[nH]2)C1. The second kappa shape index (κ2) is 9.72. The summed E-state index contributed by atoms with van der Waals surface area (Å²) >= 11 is 0. The summed E-state index contributed by atoms with van der Waals surface area (Å²) in [6, 6.07) is 2.22. The predicted molar refractivity (Wildman–Crippen MR) is 122 cm³/mol. The van der Waals surface area contributed by atoms with Crippen molar-refractivity contribution in [2.75, 3.05) is 18.4 Å². The predicted octanol–water partition coefficient (Wildman–Crippen LogP) is 2.18. The molecule has 2 aromatic heterocycles. The minimum absolute atomic E-state index is 0.0539. The van der Waals surface area contributed by atoms with Crippen LogP contribution in [0.1, 0.15) is 57.6 Å². The van der Waals surface area contributed by atoms with Crippen LogP contribution in [0.15, 0.2) is 23.4 Å². The van der Waals surface area contributed by atoms with Gasteiger partial charge < -0.3 is 15.4 Å². The summed E-state index contributed by atoms with van der Waals surface area (Å²) in [4.78, 5) is 12.1. The highest BCUT2D eigenvalue weighted by Gasteiger charge is 2.32. The first-order chi connectivity index (χ1) is 15.7. The van der Waals surface area contributed by atoms with Gasteiger partial charge in [-0.05, 0) is 46.0 Å². The van der Waals surface area contributed by atoms with Gasteiger partial charge in [-0.1, -0.05) is 0 Å². The smallest absolute Gasteiger partial charge is 0.407 e. The lowest BCUT2D eigenvalue weighted by atomic mass is 10.0. The first-order valence-electron chi connectivity index (χ1n) is 11.5. The number of carbonyl (C=O) groups is 1. The molecule has 4 rings (SSSR count). The molecule has 0 radical (unpaired) electrons. The van der Waals surface area contributed by atoms with Crippen molar-refractivity contribution >= 4 is 21.9 Å². The first-order valence-corrected chi connectivity index (χ1v) is 12.9. The molecule has 0 bridgehead atoms. The minimum Gasteiger partial charge on any atom is -0.446 e. The standard InChI is InChI=1S/C21H33N7O4S/c1-14(2)23-21(29)32-17-5-4-15(10-17)19-11-20(26-25-19)24-16-6-8-28(9-7-16)33(30,31)18-12-22-27(3)13-18/h11-17H,4-10H2,1-3H3,(H,23,29)(H2,24,25,26). The zero-order valence-corrected chi connectivity index (χ0v) is 20.1. The molecule has 182 valence electrons. The quantitative estimate of drug-likeness (QED) is 0.554. The number of carbonyl (C=O) groups excluding carboxylic acids is 1. The molecule has 3 heterocycles. The third kappa shape index (κ3) is 5.67. The van der Waals surface area contributed by atoms with Crippen LogP contribution in [-0.2, 0) is 21.8 Å². The number of anilines is 1. The van der Waals surface area contributed by atoms with Gasteiger partial charge in [0.05, 0.1) is 6.20 Å². The molecule has 2 aromatic rings. The third-order valence-electron chi connectivity index (χ3n) is 6.23. The van der Waals surface area contributed by atoms with Crippen LogP contribution in [0.25, 0.3) is 0 Å². The highest BCUT2D eigenvalue weighted by atomic mass is 32.2. The molecule has 1 saturated carbocycles. The van der Waals surface area contributed by atoms with E-state index in [1.165, 1.54) is 21.4 Å². The molecule has 1 saturated heterocycles. The monoisotopic (exact) mass is 479 g/mol. The molecule has 2 fully saturated rings. The number of ether oxygens (including phenoxy) is 1. The van der Waals surface area contributed by atoms with Gasteiger partial charge in [0.2, 0.25) is 10.0 Å². The number of rotatable bonds is 7. The van der Waals surface area contributed by atoms with E-state index in [4.69, 9.17) is 4.74 Å². The number of piperidine rings is 1. The molecule has 0 aromatic carbocycles. The fourth-order valence-electron chi connectivity index (χ4n) is 4.50. The fraction of sp³-hybridized carbons (Fsp3) is 0.667. The lowest BCUT2D eigenvalue weighted by Crippen LogP contribution is -2.42. The van der Waals surface area contributed by atoms with E-state index in [0.29, 0.717) is 25.9 Å². The van der Waals surface area contributed by atoms with Crippen LogP contribution >= 0.6 is 0 Å². The van der Waals surface area contributed by atoms with Gasteiger partial charge in [0, 0.05) is 56.1 Å². The Balaban J connectivity index is 1.26. The van der Waals surface area contributed by atoms with E-state index < -0.39 is 10.0 Å². The van der Waals surface area contributed by atoms with Gasteiger partial charge in [-0.15, -0.1) is 0 Å². The molecule has 1 aliphatic heterocycles. The van der Waals surface area contributed by atoms with E-state index in [9.17, 15) is 13.2 Å². The molecule has 12 heteroatoms. The van der Waals surface area contributed by atoms with Crippen LogP contribution in [0.5, 0.6) is 0 Å². The zero-order chi connectivity index (χ0) is 23.6. The van der Waals surface area contributed by atoms with Crippen molar-refractivity contribution in [1.82, 2.24) is 29.6 Å². The number of hydrogen-bond donors (Lipinski definition) is 3. The number of amides is 1. The Morgan fingerprint density at radius 2 is 2.00 bits per heavy atom. The summed E-state index contributed by atoms with van der Waals surface area (Å²) in [6.07, 6.45) is 6.42. The summed E-state index contributed by atoms with van der Waals surface area (Å²) in [5.74, 6) is 1.04. The minimum atomic E-state index is -3.51. The van der Waals surface area contributed by atoms with Crippen LogP contribution in [0, 0.1) is 0 Å². The summed E-state index contributed by atoms with van der Waals surface area (Å²) in [5.41, 5.74) is 1.03. The molecule has 2 aliphatic rings. The van der Waals surface area contributed by atoms with E-state index in [2.05, 4.69) is 25.9 Å². The summed E-state index contributed by atoms with van der Waals surface area (Å²) in [7, 11) is -1.80. The maximum absolute atomic E-state index is 12.8. The summed E-state index contributed by atoms with van der Waals surface area (Å²) < 4.78 is 34.1. The Kier molecular flexibility index (Phi) is 6.94. The zero-order valence-electron chi connectivity index (χ0n) is 19.3. The van der Waals surface area contributed by atoms with Crippen molar-refractivity contribution in [2.45, 2.75) is 75.0 Å². The molecule has 0 spiro atoms. The Morgan fingerprint density at radius 3 is 2.67 bits per heavy atom. The summed E-state index contributed by atoms with van der Waals surface area (Å²) in [5, 5.41) is 17.7. The number of alkyl carbamates (subject to hydrolysis) is 1. The van der Waals surface area contributed by atoms with E-state index in [0.717, 1.165) is 30.8 Å². The van der Waals surface area contributed by atoms with Crippen molar-refractivity contribution in [1.29, 1.82) is 0 Å². The maximum atomic E-state index is 12.8. The van der Waals surface area contributed by atoms with Gasteiger partial charge in [-0.3, -0.25) is 9.78 Å². The topological polar surface area (TPSA) is 134 Å². The molecule has 2 atom stereocenters. The van der Waals surface area contributed by atoms with Crippen molar-refractivity contribution in [3.63, 3.8) is 0 Å². The van der Waals surface area contributed by atoms with Crippen molar-refractivity contribution in [3.8, 4) is 0 Å². The van der Waals surface area contributed by atoms with Gasteiger partial charge in [0.15, 0.2) is 0 Å². The Bertz CT molecular complexity index is 1060. The lowest BCUT2D eigenvalue weighted by molar-refractivity contribution is 0.0981. The second-order valence-electron chi connectivity index (χ2n) is 9.22. The highest BCUT2D eigenvalue weighted by molar-refractivity contribution is 7.89. The normalized spacial score (nSPS) is 22.5. The van der Waals surface area contributed by atoms with Crippen molar-refractivity contribution in [2.24, 2.45) is 7.05 Å². The Labute approximate surface area is 194 Å². The highest BCUT2D eigenvalue weighted by Crippen LogP contribution is 2.36. The van der Waals surface area contributed by atoms with E-state index in [1.807, 2.05) is 19.9 Å². The van der Waals surface area contributed by atoms with Crippen LogP contribution in [0.3, 0.4) is 0 Å². The molecule has 1 aliphatic carbocycles. The molecular weight excluding hydrogens is 446 g/mol. The average Bonchev–Trinajstić information content (AvgIpc) is 3.49. The van der Waals surface area contributed by atoms with Crippen molar-refractivity contribution in [3.05, 3.63) is 24.2 Å². The second-order valence-corrected chi connectivity index (χ2v) is 11.2. The number of hydrogen-bond acceptors (Lipinski definition) is 7.